The Hall–Kier alpha value is -1.79. The number of nitrogens with zero attached hydrogens (tertiary/aromatic N) is 2. The molecule has 0 saturated heterocycles. The van der Waals surface area contributed by atoms with Gasteiger partial charge in [-0.25, -0.2) is 23.5 Å². The number of benzene rings is 1. The lowest BCUT2D eigenvalue weighted by molar-refractivity contribution is 0.598. The van der Waals surface area contributed by atoms with Gasteiger partial charge in [0.25, 0.3) is 0 Å². The largest absolute Gasteiger partial charge is 0.238 e. The average Bonchev–Trinajstić information content (AvgIpc) is 2.26. The van der Waals surface area contributed by atoms with E-state index in [0.29, 0.717) is 11.4 Å². The monoisotopic (exact) mass is 263 g/mol. The molecule has 0 aliphatic heterocycles. The highest BCUT2D eigenvalue weighted by molar-refractivity contribution is 7.89. The van der Waals surface area contributed by atoms with Crippen molar-refractivity contribution >= 4 is 10.0 Å². The molecule has 94 valence electrons. The summed E-state index contributed by atoms with van der Waals surface area (Å²) < 4.78 is 23.0. The van der Waals surface area contributed by atoms with Gasteiger partial charge in [-0.3, -0.25) is 0 Å². The number of aryl methyl sites for hydroxylation is 2. The van der Waals surface area contributed by atoms with Crippen molar-refractivity contribution in [1.29, 1.82) is 0 Å². The Morgan fingerprint density at radius 2 is 1.61 bits per heavy atom. The van der Waals surface area contributed by atoms with Gasteiger partial charge in [-0.1, -0.05) is 12.1 Å². The van der Waals surface area contributed by atoms with Gasteiger partial charge in [0, 0.05) is 17.0 Å². The number of sulfonamides is 1. The van der Waals surface area contributed by atoms with Gasteiger partial charge in [-0.2, -0.15) is 0 Å². The fourth-order valence-electron chi connectivity index (χ4n) is 1.75. The molecule has 1 aromatic heterocycles. The summed E-state index contributed by atoms with van der Waals surface area (Å²) in [5.41, 5.74) is 1.98. The average molecular weight is 263 g/mol. The second-order valence-corrected chi connectivity index (χ2v) is 5.55. The van der Waals surface area contributed by atoms with E-state index in [1.54, 1.807) is 18.2 Å². The van der Waals surface area contributed by atoms with E-state index in [0.717, 1.165) is 11.4 Å². The van der Waals surface area contributed by atoms with Crippen LogP contribution in [0.4, 0.5) is 0 Å². The Morgan fingerprint density at radius 1 is 1.06 bits per heavy atom. The molecule has 6 heteroatoms. The third kappa shape index (κ3) is 2.55. The minimum Gasteiger partial charge on any atom is -0.233 e. The van der Waals surface area contributed by atoms with Crippen molar-refractivity contribution < 1.29 is 8.42 Å². The smallest absolute Gasteiger partial charge is 0.233 e. The zero-order valence-corrected chi connectivity index (χ0v) is 10.9. The Bertz CT molecular complexity index is 676. The van der Waals surface area contributed by atoms with Crippen LogP contribution in [0.15, 0.2) is 35.2 Å². The molecule has 0 spiro atoms. The van der Waals surface area contributed by atoms with Crippen molar-refractivity contribution in [3.63, 3.8) is 0 Å². The molecule has 2 N–H and O–H groups in total. The van der Waals surface area contributed by atoms with Crippen LogP contribution >= 0.6 is 0 Å². The molecule has 2 aromatic rings. The van der Waals surface area contributed by atoms with Crippen LogP contribution in [0.1, 0.15) is 11.4 Å². The van der Waals surface area contributed by atoms with Gasteiger partial charge in [0.2, 0.25) is 10.0 Å². The van der Waals surface area contributed by atoms with E-state index < -0.39 is 10.0 Å². The maximum absolute atomic E-state index is 11.5. The van der Waals surface area contributed by atoms with E-state index in [2.05, 4.69) is 9.97 Å². The van der Waals surface area contributed by atoms with Gasteiger partial charge in [-0.05, 0) is 32.0 Å². The van der Waals surface area contributed by atoms with Crippen molar-refractivity contribution in [2.24, 2.45) is 5.14 Å². The molecule has 0 saturated carbocycles. The highest BCUT2D eigenvalue weighted by atomic mass is 32.2. The molecular formula is C12H13N3O2S. The minimum absolute atomic E-state index is 0.0370. The van der Waals surface area contributed by atoms with Gasteiger partial charge in [0.15, 0.2) is 5.82 Å². The molecule has 0 fully saturated rings. The summed E-state index contributed by atoms with van der Waals surface area (Å²) in [7, 11) is -3.79. The normalized spacial score (nSPS) is 11.5. The molecule has 0 radical (unpaired) electrons. The number of aromatic nitrogens is 2. The third-order valence-electron chi connectivity index (χ3n) is 2.42. The quantitative estimate of drug-likeness (QED) is 0.887. The van der Waals surface area contributed by atoms with Crippen LogP contribution in [0.2, 0.25) is 0 Å². The van der Waals surface area contributed by atoms with Crippen molar-refractivity contribution in [1.82, 2.24) is 9.97 Å². The number of primary sulfonamides is 1. The van der Waals surface area contributed by atoms with Crippen molar-refractivity contribution in [3.05, 3.63) is 41.7 Å². The number of nitrogens with two attached hydrogens (primary N) is 1. The summed E-state index contributed by atoms with van der Waals surface area (Å²) in [5, 5.41) is 5.19. The Morgan fingerprint density at radius 3 is 2.17 bits per heavy atom. The number of hydrogen-bond donors (Lipinski definition) is 1. The molecule has 1 aromatic carbocycles. The molecule has 5 nitrogen and oxygen atoms in total. The van der Waals surface area contributed by atoms with Crippen molar-refractivity contribution in [2.45, 2.75) is 18.7 Å². The standard InChI is InChI=1S/C12H13N3O2S/c1-8-7-9(2)15-12(14-8)10-5-3-4-6-11(10)18(13,16)17/h3-7H,1-2H3,(H2,13,16,17). The van der Waals surface area contributed by atoms with Crippen LogP contribution in [0.5, 0.6) is 0 Å². The minimum atomic E-state index is -3.79. The summed E-state index contributed by atoms with van der Waals surface area (Å²) >= 11 is 0. The lowest BCUT2D eigenvalue weighted by Gasteiger charge is -2.07. The van der Waals surface area contributed by atoms with E-state index >= 15 is 0 Å². The summed E-state index contributed by atoms with van der Waals surface area (Å²) in [6, 6.07) is 8.26. The summed E-state index contributed by atoms with van der Waals surface area (Å²) in [6.45, 7) is 3.66. The Kier molecular flexibility index (Phi) is 3.14. The summed E-state index contributed by atoms with van der Waals surface area (Å²) in [4.78, 5) is 8.53. The Balaban J connectivity index is 2.72. The van der Waals surface area contributed by atoms with Gasteiger partial charge in [0.05, 0.1) is 4.90 Å². The third-order valence-corrected chi connectivity index (χ3v) is 3.39. The maximum atomic E-state index is 11.5. The molecule has 0 aliphatic rings. The van der Waals surface area contributed by atoms with E-state index in [-0.39, 0.29) is 4.90 Å². The van der Waals surface area contributed by atoms with Crippen LogP contribution in [0.3, 0.4) is 0 Å². The molecule has 0 amide bonds. The van der Waals surface area contributed by atoms with E-state index in [1.807, 2.05) is 19.9 Å². The van der Waals surface area contributed by atoms with Crippen LogP contribution in [-0.2, 0) is 10.0 Å². The zero-order chi connectivity index (χ0) is 13.3. The van der Waals surface area contributed by atoms with Crippen LogP contribution in [0.25, 0.3) is 11.4 Å². The Labute approximate surface area is 106 Å². The van der Waals surface area contributed by atoms with E-state index in [4.69, 9.17) is 5.14 Å². The van der Waals surface area contributed by atoms with Gasteiger partial charge >= 0.3 is 0 Å². The van der Waals surface area contributed by atoms with Crippen LogP contribution in [-0.4, -0.2) is 18.4 Å². The zero-order valence-electron chi connectivity index (χ0n) is 10.1. The SMILES string of the molecule is Cc1cc(C)nc(-c2ccccc2S(N)(=O)=O)n1. The first-order valence-corrected chi connectivity index (χ1v) is 6.87. The lowest BCUT2D eigenvalue weighted by atomic mass is 10.2. The maximum Gasteiger partial charge on any atom is 0.238 e. The predicted octanol–water partition coefficient (Wildman–Crippen LogP) is 1.41. The number of hydrogen-bond acceptors (Lipinski definition) is 4. The highest BCUT2D eigenvalue weighted by Gasteiger charge is 2.16. The first-order valence-electron chi connectivity index (χ1n) is 5.32. The molecule has 0 unspecified atom stereocenters. The molecule has 0 atom stereocenters. The fourth-order valence-corrected chi connectivity index (χ4v) is 2.48. The first kappa shape index (κ1) is 12.7. The first-order chi connectivity index (χ1) is 8.38. The highest BCUT2D eigenvalue weighted by Crippen LogP contribution is 2.23. The van der Waals surface area contributed by atoms with Crippen molar-refractivity contribution in [3.8, 4) is 11.4 Å². The second-order valence-electron chi connectivity index (χ2n) is 4.02. The van der Waals surface area contributed by atoms with Crippen LogP contribution < -0.4 is 5.14 Å². The number of rotatable bonds is 2. The fraction of sp³-hybridized carbons (Fsp3) is 0.167. The molecule has 0 bridgehead atoms. The van der Waals surface area contributed by atoms with Gasteiger partial charge < -0.3 is 0 Å². The van der Waals surface area contributed by atoms with E-state index in [1.165, 1.54) is 6.07 Å². The van der Waals surface area contributed by atoms with Gasteiger partial charge in [0.1, 0.15) is 0 Å². The van der Waals surface area contributed by atoms with E-state index in [9.17, 15) is 8.42 Å². The lowest BCUT2D eigenvalue weighted by Crippen LogP contribution is -2.14. The summed E-state index contributed by atoms with van der Waals surface area (Å²) in [6.07, 6.45) is 0. The molecule has 0 aliphatic carbocycles. The molecule has 2 rings (SSSR count). The molecule has 1 heterocycles. The topological polar surface area (TPSA) is 85.9 Å². The molecule has 18 heavy (non-hydrogen) atoms. The summed E-state index contributed by atoms with van der Waals surface area (Å²) in [5.74, 6) is 0.372. The van der Waals surface area contributed by atoms with Crippen molar-refractivity contribution in [2.75, 3.05) is 0 Å². The van der Waals surface area contributed by atoms with Crippen LogP contribution in [0, 0.1) is 13.8 Å². The second kappa shape index (κ2) is 4.47. The van der Waals surface area contributed by atoms with Gasteiger partial charge in [-0.15, -0.1) is 0 Å². The predicted molar refractivity (Wildman–Crippen MR) is 68.3 cm³/mol. The molecular weight excluding hydrogens is 250 g/mol.